The van der Waals surface area contributed by atoms with Gasteiger partial charge in [-0.3, -0.25) is 9.59 Å². The fraction of sp³-hybridized carbons (Fsp3) is 0.346. The first-order valence-electron chi connectivity index (χ1n) is 11.9. The third kappa shape index (κ3) is 4.95. The van der Waals surface area contributed by atoms with Crippen molar-refractivity contribution in [3.8, 4) is 17.0 Å². The van der Waals surface area contributed by atoms with Gasteiger partial charge in [-0.15, -0.1) is 0 Å². The number of carbonyl (C=O) groups excluding carboxylic acids is 2. The lowest BCUT2D eigenvalue weighted by Gasteiger charge is -2.56. The number of halogens is 4. The highest BCUT2D eigenvalue weighted by Crippen LogP contribution is 2.47. The number of benzene rings is 2. The first-order valence-corrected chi connectivity index (χ1v) is 12.3. The summed E-state index contributed by atoms with van der Waals surface area (Å²) in [6.07, 6.45) is 0.908. The number of amides is 2. The van der Waals surface area contributed by atoms with E-state index >= 15 is 0 Å². The van der Waals surface area contributed by atoms with Gasteiger partial charge in [0.2, 0.25) is 5.76 Å². The van der Waals surface area contributed by atoms with Crippen LogP contribution >= 0.6 is 11.6 Å². The first-order chi connectivity index (χ1) is 18.1. The highest BCUT2D eigenvalue weighted by atomic mass is 35.5. The number of rotatable bonds is 7. The van der Waals surface area contributed by atoms with Crippen LogP contribution in [0.4, 0.5) is 13.2 Å². The van der Waals surface area contributed by atoms with Gasteiger partial charge in [-0.1, -0.05) is 22.8 Å². The van der Waals surface area contributed by atoms with E-state index in [9.17, 15) is 27.9 Å². The second-order valence-corrected chi connectivity index (χ2v) is 10.1. The summed E-state index contributed by atoms with van der Waals surface area (Å²) in [5.74, 6) is -3.54. The van der Waals surface area contributed by atoms with Crippen LogP contribution in [0.1, 0.15) is 42.7 Å². The molecule has 0 saturated heterocycles. The molecule has 1 aromatic heterocycles. The monoisotopic (exact) mass is 549 g/mol. The molecule has 3 fully saturated rings. The second kappa shape index (κ2) is 9.95. The van der Waals surface area contributed by atoms with Crippen LogP contribution in [0.5, 0.6) is 5.75 Å². The Bertz CT molecular complexity index is 1370. The van der Waals surface area contributed by atoms with Crippen molar-refractivity contribution >= 4 is 23.4 Å². The largest absolute Gasteiger partial charge is 0.484 e. The lowest BCUT2D eigenvalue weighted by Crippen LogP contribution is -2.70. The van der Waals surface area contributed by atoms with Gasteiger partial charge < -0.3 is 25.0 Å². The van der Waals surface area contributed by atoms with Crippen molar-refractivity contribution in [2.75, 3.05) is 6.61 Å². The van der Waals surface area contributed by atoms with Gasteiger partial charge in [0.05, 0.1) is 22.2 Å². The number of ether oxygens (including phenoxy) is 1. The molecular weight excluding hydrogens is 527 g/mol. The third-order valence-electron chi connectivity index (χ3n) is 7.30. The van der Waals surface area contributed by atoms with E-state index in [0.717, 1.165) is 24.3 Å². The van der Waals surface area contributed by atoms with Crippen LogP contribution < -0.4 is 15.4 Å². The molecule has 0 aliphatic heterocycles. The topological polar surface area (TPSA) is 114 Å². The van der Waals surface area contributed by atoms with E-state index < -0.39 is 52.0 Å². The SMILES string of the molecule is O=C(COc1ccc(Cl)c(F)c1)NC12CCC(NC(=O)c3cc(-c4c(F)cccc4F)no3)(CC1)CC2O. The molecule has 0 spiro atoms. The van der Waals surface area contributed by atoms with Crippen molar-refractivity contribution < 1.29 is 37.1 Å². The fourth-order valence-electron chi connectivity index (χ4n) is 5.24. The van der Waals surface area contributed by atoms with Gasteiger partial charge in [0.15, 0.2) is 6.61 Å². The Hall–Kier alpha value is -3.57. The molecule has 8 nitrogen and oxygen atoms in total. The van der Waals surface area contributed by atoms with Crippen LogP contribution in [0, 0.1) is 17.5 Å². The number of aliphatic hydroxyl groups is 1. The molecule has 2 bridgehead atoms. The minimum Gasteiger partial charge on any atom is -0.484 e. The summed E-state index contributed by atoms with van der Waals surface area (Å²) in [6.45, 7) is -0.381. The third-order valence-corrected chi connectivity index (χ3v) is 7.61. The Kier molecular flexibility index (Phi) is 6.83. The average Bonchev–Trinajstić information content (AvgIpc) is 3.36. The zero-order chi connectivity index (χ0) is 27.1. The van der Waals surface area contributed by atoms with Crippen molar-refractivity contribution in [2.45, 2.75) is 49.3 Å². The summed E-state index contributed by atoms with van der Waals surface area (Å²) < 4.78 is 52.1. The average molecular weight is 550 g/mol. The number of nitrogens with zero attached hydrogens (tertiary/aromatic N) is 1. The van der Waals surface area contributed by atoms with Gasteiger partial charge in [-0.2, -0.15) is 0 Å². The summed E-state index contributed by atoms with van der Waals surface area (Å²) in [7, 11) is 0. The van der Waals surface area contributed by atoms with Crippen LogP contribution in [0.3, 0.4) is 0 Å². The van der Waals surface area contributed by atoms with Gasteiger partial charge in [0.1, 0.15) is 28.9 Å². The highest BCUT2D eigenvalue weighted by molar-refractivity contribution is 6.30. The molecule has 6 rings (SSSR count). The molecule has 2 amide bonds. The standard InChI is InChI=1S/C26H23ClF3N3O5/c27-15-5-4-14(10-18(15)30)37-13-22(35)31-26-8-6-25(7-9-26,12-21(26)34)32-24(36)20-11-19(33-38-20)23-16(28)2-1-3-17(23)29/h1-5,10-11,21,34H,6-9,12-13H2,(H,31,35)(H,32,36). The smallest absolute Gasteiger partial charge is 0.290 e. The lowest BCUT2D eigenvalue weighted by atomic mass is 9.60. The number of hydrogen-bond donors (Lipinski definition) is 3. The van der Waals surface area contributed by atoms with Crippen LogP contribution in [0.2, 0.25) is 5.02 Å². The number of aromatic nitrogens is 1. The van der Waals surface area contributed by atoms with Gasteiger partial charge in [-0.05, 0) is 56.4 Å². The number of nitrogens with one attached hydrogen (secondary N) is 2. The normalized spacial score (nSPS) is 24.2. The Morgan fingerprint density at radius 1 is 1.05 bits per heavy atom. The minimum atomic E-state index is -0.958. The molecule has 38 heavy (non-hydrogen) atoms. The number of fused-ring (bicyclic) bond motifs is 3. The van der Waals surface area contributed by atoms with Gasteiger partial charge in [0, 0.05) is 17.7 Å². The minimum absolute atomic E-state index is 0.0634. The van der Waals surface area contributed by atoms with Crippen molar-refractivity contribution in [1.29, 1.82) is 0 Å². The van der Waals surface area contributed by atoms with E-state index in [1.807, 2.05) is 0 Å². The molecule has 2 aromatic carbocycles. The number of aliphatic hydroxyl groups excluding tert-OH is 1. The second-order valence-electron chi connectivity index (χ2n) is 9.70. The molecule has 1 unspecified atom stereocenters. The Morgan fingerprint density at radius 2 is 1.76 bits per heavy atom. The molecule has 1 heterocycles. The molecule has 12 heteroatoms. The lowest BCUT2D eigenvalue weighted by molar-refractivity contribution is -0.132. The van der Waals surface area contributed by atoms with E-state index in [0.29, 0.717) is 25.7 Å². The maximum absolute atomic E-state index is 14.1. The summed E-state index contributed by atoms with van der Waals surface area (Å²) in [5.41, 5.74) is -2.19. The molecule has 200 valence electrons. The van der Waals surface area contributed by atoms with E-state index in [1.165, 1.54) is 18.2 Å². The first kappa shape index (κ1) is 26.1. The van der Waals surface area contributed by atoms with Crippen LogP contribution in [-0.2, 0) is 4.79 Å². The Morgan fingerprint density at radius 3 is 2.42 bits per heavy atom. The highest BCUT2D eigenvalue weighted by Gasteiger charge is 2.55. The number of hydrogen-bond acceptors (Lipinski definition) is 6. The van der Waals surface area contributed by atoms with Crippen LogP contribution in [0.25, 0.3) is 11.3 Å². The number of carbonyl (C=O) groups is 2. The van der Waals surface area contributed by atoms with Gasteiger partial charge in [0.25, 0.3) is 11.8 Å². The van der Waals surface area contributed by atoms with Crippen molar-refractivity contribution in [3.05, 3.63) is 70.7 Å². The van der Waals surface area contributed by atoms with Crippen molar-refractivity contribution in [1.82, 2.24) is 15.8 Å². The van der Waals surface area contributed by atoms with E-state index in [2.05, 4.69) is 15.8 Å². The zero-order valence-electron chi connectivity index (χ0n) is 19.9. The van der Waals surface area contributed by atoms with Crippen molar-refractivity contribution in [3.63, 3.8) is 0 Å². The zero-order valence-corrected chi connectivity index (χ0v) is 20.7. The summed E-state index contributed by atoms with van der Waals surface area (Å²) >= 11 is 5.65. The molecule has 3 aliphatic carbocycles. The quantitative estimate of drug-likeness (QED) is 0.408. The maximum Gasteiger partial charge on any atom is 0.290 e. The molecule has 1 atom stereocenters. The fourth-order valence-corrected chi connectivity index (χ4v) is 5.35. The molecule has 3 aliphatic rings. The summed E-state index contributed by atoms with van der Waals surface area (Å²) in [5, 5.41) is 20.2. The van der Waals surface area contributed by atoms with Gasteiger partial charge >= 0.3 is 0 Å². The summed E-state index contributed by atoms with van der Waals surface area (Å²) in [6, 6.07) is 8.36. The molecule has 3 N–H and O–H groups in total. The molecule has 0 radical (unpaired) electrons. The van der Waals surface area contributed by atoms with E-state index in [-0.39, 0.29) is 35.3 Å². The predicted molar refractivity (Wildman–Crippen MR) is 129 cm³/mol. The van der Waals surface area contributed by atoms with Crippen molar-refractivity contribution in [2.24, 2.45) is 0 Å². The van der Waals surface area contributed by atoms with Crippen LogP contribution in [-0.4, -0.2) is 45.9 Å². The Balaban J connectivity index is 1.20. The maximum atomic E-state index is 14.1. The predicted octanol–water partition coefficient (Wildman–Crippen LogP) is 4.15. The Labute approximate surface area is 220 Å². The van der Waals surface area contributed by atoms with E-state index in [4.69, 9.17) is 20.9 Å². The molecule has 3 saturated carbocycles. The summed E-state index contributed by atoms with van der Waals surface area (Å²) in [4.78, 5) is 25.5. The molecular formula is C26H23ClF3N3O5. The van der Waals surface area contributed by atoms with Crippen LogP contribution in [0.15, 0.2) is 47.0 Å². The van der Waals surface area contributed by atoms with Gasteiger partial charge in [-0.25, -0.2) is 13.2 Å². The van der Waals surface area contributed by atoms with E-state index in [1.54, 1.807) is 0 Å². The molecule has 3 aromatic rings.